The fourth-order valence-electron chi connectivity index (χ4n) is 1.15. The lowest BCUT2D eigenvalue weighted by atomic mass is 10.2. The average molecular weight is 220 g/mol. The first-order chi connectivity index (χ1) is 6.91. The highest BCUT2D eigenvalue weighted by Gasteiger charge is 2.45. The van der Waals surface area contributed by atoms with E-state index in [1.165, 1.54) is 0 Å². The Hall–Kier alpha value is -1.92. The van der Waals surface area contributed by atoms with E-state index >= 15 is 0 Å². The first-order valence-electron chi connectivity index (χ1n) is 3.72. The van der Waals surface area contributed by atoms with Crippen LogP contribution in [0.15, 0.2) is 12.1 Å². The molecule has 0 amide bonds. The molecule has 4 nitrogen and oxygen atoms in total. The highest BCUT2D eigenvalue weighted by molar-refractivity contribution is 5.89. The van der Waals surface area contributed by atoms with E-state index in [1.807, 2.05) is 0 Å². The van der Waals surface area contributed by atoms with Crippen molar-refractivity contribution in [2.75, 3.05) is 0 Å². The summed E-state index contributed by atoms with van der Waals surface area (Å²) in [4.78, 5) is 10.5. The zero-order valence-corrected chi connectivity index (χ0v) is 6.96. The molecule has 0 saturated carbocycles. The Bertz CT molecular complexity index is 444. The van der Waals surface area contributed by atoms with Crippen LogP contribution in [0.4, 0.5) is 13.2 Å². The van der Waals surface area contributed by atoms with E-state index in [0.717, 1.165) is 12.1 Å². The number of fused-ring (bicyclic) bond motifs is 1. The third-order valence-corrected chi connectivity index (χ3v) is 1.74. The molecule has 0 saturated heterocycles. The molecule has 0 bridgehead atoms. The van der Waals surface area contributed by atoms with E-state index in [4.69, 9.17) is 5.11 Å². The van der Waals surface area contributed by atoms with Crippen LogP contribution >= 0.6 is 0 Å². The minimum Gasteiger partial charge on any atom is -0.478 e. The van der Waals surface area contributed by atoms with Crippen LogP contribution in [0.3, 0.4) is 0 Å². The highest BCUT2D eigenvalue weighted by atomic mass is 19.3. The van der Waals surface area contributed by atoms with Gasteiger partial charge in [0, 0.05) is 0 Å². The summed E-state index contributed by atoms with van der Waals surface area (Å²) in [5.74, 6) is -4.37. The number of hydrogen-bond donors (Lipinski definition) is 1. The van der Waals surface area contributed by atoms with Crippen LogP contribution < -0.4 is 9.47 Å². The van der Waals surface area contributed by atoms with Gasteiger partial charge in [-0.15, -0.1) is 8.78 Å². The van der Waals surface area contributed by atoms with E-state index in [9.17, 15) is 18.0 Å². The molecule has 15 heavy (non-hydrogen) atoms. The SMILES string of the molecule is O=C(O)c1ccc2c(c1F)OC(F)(F)O2. The van der Waals surface area contributed by atoms with Crippen LogP contribution in [-0.4, -0.2) is 17.4 Å². The first-order valence-corrected chi connectivity index (χ1v) is 3.72. The molecule has 0 radical (unpaired) electrons. The van der Waals surface area contributed by atoms with Crippen molar-refractivity contribution in [1.29, 1.82) is 0 Å². The van der Waals surface area contributed by atoms with Crippen LogP contribution in [0.25, 0.3) is 0 Å². The fraction of sp³-hybridized carbons (Fsp3) is 0.125. The second-order valence-electron chi connectivity index (χ2n) is 2.73. The summed E-state index contributed by atoms with van der Waals surface area (Å²) >= 11 is 0. The van der Waals surface area contributed by atoms with Crippen LogP contribution in [-0.2, 0) is 0 Å². The third-order valence-electron chi connectivity index (χ3n) is 1.74. The molecule has 1 aromatic rings. The van der Waals surface area contributed by atoms with Crippen molar-refractivity contribution in [1.82, 2.24) is 0 Å². The first kappa shape index (κ1) is 9.63. The van der Waals surface area contributed by atoms with Crippen molar-refractivity contribution in [2.24, 2.45) is 0 Å². The summed E-state index contributed by atoms with van der Waals surface area (Å²) in [5.41, 5.74) is -0.755. The van der Waals surface area contributed by atoms with E-state index in [0.29, 0.717) is 0 Å². The minimum absolute atomic E-state index is 0.525. The van der Waals surface area contributed by atoms with Crippen molar-refractivity contribution in [3.05, 3.63) is 23.5 Å². The molecule has 0 unspecified atom stereocenters. The topological polar surface area (TPSA) is 55.8 Å². The number of alkyl halides is 2. The predicted octanol–water partition coefficient (Wildman–Crippen LogP) is 1.85. The molecule has 0 atom stereocenters. The third kappa shape index (κ3) is 1.45. The van der Waals surface area contributed by atoms with Gasteiger partial charge in [-0.2, -0.15) is 0 Å². The number of carbonyl (C=O) groups is 1. The van der Waals surface area contributed by atoms with Crippen molar-refractivity contribution in [3.63, 3.8) is 0 Å². The zero-order valence-electron chi connectivity index (χ0n) is 6.96. The average Bonchev–Trinajstić information content (AvgIpc) is 2.40. The summed E-state index contributed by atoms with van der Waals surface area (Å²) in [5, 5.41) is 8.50. The largest absolute Gasteiger partial charge is 0.586 e. The molecule has 7 heteroatoms. The molecule has 0 aliphatic carbocycles. The van der Waals surface area contributed by atoms with Gasteiger partial charge >= 0.3 is 12.3 Å². The Balaban J connectivity index is 2.53. The lowest BCUT2D eigenvalue weighted by Crippen LogP contribution is -2.26. The second-order valence-corrected chi connectivity index (χ2v) is 2.73. The van der Waals surface area contributed by atoms with E-state index in [-0.39, 0.29) is 0 Å². The van der Waals surface area contributed by atoms with Crippen LogP contribution in [0.2, 0.25) is 0 Å². The summed E-state index contributed by atoms with van der Waals surface area (Å²) in [6, 6.07) is 1.73. The number of aromatic carboxylic acids is 1. The molecule has 0 spiro atoms. The highest BCUT2D eigenvalue weighted by Crippen LogP contribution is 2.43. The van der Waals surface area contributed by atoms with Gasteiger partial charge in [0.25, 0.3) is 0 Å². The Kier molecular flexibility index (Phi) is 1.79. The number of carboxylic acid groups (broad SMARTS) is 1. The fourth-order valence-corrected chi connectivity index (χ4v) is 1.15. The summed E-state index contributed by atoms with van der Waals surface area (Å²) in [7, 11) is 0. The minimum atomic E-state index is -3.96. The Morgan fingerprint density at radius 3 is 2.60 bits per heavy atom. The van der Waals surface area contributed by atoms with E-state index in [1.54, 1.807) is 0 Å². The molecular weight excluding hydrogens is 217 g/mol. The number of carboxylic acids is 1. The Morgan fingerprint density at radius 2 is 2.00 bits per heavy atom. The monoisotopic (exact) mass is 220 g/mol. The van der Waals surface area contributed by atoms with Gasteiger partial charge in [0.05, 0.1) is 5.56 Å². The van der Waals surface area contributed by atoms with Crippen molar-refractivity contribution in [2.45, 2.75) is 6.29 Å². The molecule has 1 aliphatic heterocycles. The van der Waals surface area contributed by atoms with Crippen LogP contribution in [0, 0.1) is 5.82 Å². The Morgan fingerprint density at radius 1 is 1.33 bits per heavy atom. The number of rotatable bonds is 1. The molecule has 1 N–H and O–H groups in total. The van der Waals surface area contributed by atoms with Gasteiger partial charge in [-0.05, 0) is 12.1 Å². The van der Waals surface area contributed by atoms with Crippen molar-refractivity contribution < 1.29 is 32.5 Å². The van der Waals surface area contributed by atoms with Gasteiger partial charge in [0.15, 0.2) is 11.6 Å². The summed E-state index contributed by atoms with van der Waals surface area (Å²) in [6.45, 7) is 0. The lowest BCUT2D eigenvalue weighted by Gasteiger charge is -2.04. The standard InChI is InChI=1S/C8H3F3O4/c9-5-3(7(12)13)1-2-4-6(5)15-8(10,11)14-4/h1-2H,(H,12,13). The quantitative estimate of drug-likeness (QED) is 0.784. The number of hydrogen-bond acceptors (Lipinski definition) is 3. The molecule has 80 valence electrons. The Labute approximate surface area is 80.8 Å². The molecule has 0 aromatic heterocycles. The molecule has 2 rings (SSSR count). The van der Waals surface area contributed by atoms with Gasteiger partial charge in [0.2, 0.25) is 5.75 Å². The number of benzene rings is 1. The molecule has 1 aliphatic rings. The predicted molar refractivity (Wildman–Crippen MR) is 39.6 cm³/mol. The molecular formula is C8H3F3O4. The maximum absolute atomic E-state index is 13.2. The summed E-state index contributed by atoms with van der Waals surface area (Å²) in [6.07, 6.45) is -3.96. The molecule has 1 heterocycles. The van der Waals surface area contributed by atoms with Gasteiger partial charge in [-0.1, -0.05) is 0 Å². The zero-order chi connectivity index (χ0) is 11.2. The molecule has 0 fully saturated rings. The van der Waals surface area contributed by atoms with Crippen molar-refractivity contribution >= 4 is 5.97 Å². The molecule has 1 aromatic carbocycles. The van der Waals surface area contributed by atoms with Crippen LogP contribution in [0.1, 0.15) is 10.4 Å². The number of ether oxygens (including phenoxy) is 2. The summed E-state index contributed by atoms with van der Waals surface area (Å²) < 4.78 is 46.0. The van der Waals surface area contributed by atoms with Crippen molar-refractivity contribution in [3.8, 4) is 11.5 Å². The normalized spacial score (nSPS) is 16.5. The maximum atomic E-state index is 13.2. The van der Waals surface area contributed by atoms with Gasteiger partial charge in [-0.25, -0.2) is 9.18 Å². The van der Waals surface area contributed by atoms with E-state index in [2.05, 4.69) is 9.47 Å². The number of halogens is 3. The lowest BCUT2D eigenvalue weighted by molar-refractivity contribution is -0.287. The van der Waals surface area contributed by atoms with Gasteiger partial charge < -0.3 is 14.6 Å². The van der Waals surface area contributed by atoms with E-state index < -0.39 is 35.1 Å². The van der Waals surface area contributed by atoms with Gasteiger partial charge in [0.1, 0.15) is 0 Å². The maximum Gasteiger partial charge on any atom is 0.586 e. The van der Waals surface area contributed by atoms with Crippen LogP contribution in [0.5, 0.6) is 11.5 Å². The smallest absolute Gasteiger partial charge is 0.478 e. The second kappa shape index (κ2) is 2.78. The van der Waals surface area contributed by atoms with Gasteiger partial charge in [-0.3, -0.25) is 0 Å².